The molecule has 0 amide bonds. The van der Waals surface area contributed by atoms with Crippen LogP contribution >= 0.6 is 39.0 Å². The van der Waals surface area contributed by atoms with Crippen LogP contribution in [0.1, 0.15) is 25.1 Å². The average Bonchev–Trinajstić information content (AvgIpc) is 2.49. The summed E-state index contributed by atoms with van der Waals surface area (Å²) in [5.74, 6) is 1.89. The Morgan fingerprint density at radius 3 is 2.73 bits per heavy atom. The molecule has 2 nitrogen and oxygen atoms in total. The third-order valence-electron chi connectivity index (χ3n) is 2.55. The SMILES string of the molecule is CC1(C)CSCC(O)(c2scnc2Br)C1. The van der Waals surface area contributed by atoms with E-state index in [9.17, 15) is 5.11 Å². The molecule has 0 bridgehead atoms. The fraction of sp³-hybridized carbons (Fsp3) is 0.700. The molecule has 2 heterocycles. The molecule has 1 aromatic rings. The van der Waals surface area contributed by atoms with Gasteiger partial charge in [0.25, 0.3) is 0 Å². The van der Waals surface area contributed by atoms with Crippen molar-refractivity contribution in [3.8, 4) is 0 Å². The van der Waals surface area contributed by atoms with E-state index in [1.807, 2.05) is 11.8 Å². The van der Waals surface area contributed by atoms with Crippen molar-refractivity contribution >= 4 is 39.0 Å². The van der Waals surface area contributed by atoms with Gasteiger partial charge in [-0.25, -0.2) is 4.98 Å². The molecule has 0 spiro atoms. The Bertz CT molecular complexity index is 366. The van der Waals surface area contributed by atoms with Crippen LogP contribution in [0.5, 0.6) is 0 Å². The van der Waals surface area contributed by atoms with Gasteiger partial charge in [0.05, 0.1) is 10.4 Å². The maximum Gasteiger partial charge on any atom is 0.123 e. The highest BCUT2D eigenvalue weighted by molar-refractivity contribution is 9.10. The standard InChI is InChI=1S/C10H14BrNOS2/c1-9(2)3-10(13,5-14-4-9)7-8(11)12-6-15-7/h6,13H,3-5H2,1-2H3. The molecule has 1 aliphatic rings. The van der Waals surface area contributed by atoms with Gasteiger partial charge in [0.1, 0.15) is 10.2 Å². The first-order valence-electron chi connectivity index (χ1n) is 4.83. The molecule has 1 saturated heterocycles. The number of halogens is 1. The quantitative estimate of drug-likeness (QED) is 0.864. The highest BCUT2D eigenvalue weighted by atomic mass is 79.9. The van der Waals surface area contributed by atoms with E-state index in [0.29, 0.717) is 0 Å². The molecule has 1 fully saturated rings. The van der Waals surface area contributed by atoms with Crippen LogP contribution in [-0.4, -0.2) is 21.6 Å². The molecule has 1 aliphatic heterocycles. The molecule has 0 saturated carbocycles. The topological polar surface area (TPSA) is 33.1 Å². The van der Waals surface area contributed by atoms with Gasteiger partial charge in [0.2, 0.25) is 0 Å². The predicted octanol–water partition coefficient (Wildman–Crippen LogP) is 3.26. The maximum absolute atomic E-state index is 10.7. The minimum atomic E-state index is -0.702. The first-order valence-corrected chi connectivity index (χ1v) is 7.65. The molecule has 1 aromatic heterocycles. The molecule has 84 valence electrons. The molecule has 5 heteroatoms. The Hall–Kier alpha value is 0.420. The molecule has 0 aliphatic carbocycles. The molecule has 1 N–H and O–H groups in total. The molecule has 0 radical (unpaired) electrons. The van der Waals surface area contributed by atoms with Crippen LogP contribution in [0.4, 0.5) is 0 Å². The van der Waals surface area contributed by atoms with Gasteiger partial charge in [0.15, 0.2) is 0 Å². The Labute approximate surface area is 107 Å². The zero-order valence-corrected chi connectivity index (χ0v) is 12.0. The fourth-order valence-electron chi connectivity index (χ4n) is 2.07. The van der Waals surface area contributed by atoms with E-state index in [4.69, 9.17) is 0 Å². The monoisotopic (exact) mass is 307 g/mol. The van der Waals surface area contributed by atoms with E-state index < -0.39 is 5.60 Å². The summed E-state index contributed by atoms with van der Waals surface area (Å²) in [4.78, 5) is 5.13. The van der Waals surface area contributed by atoms with E-state index in [1.165, 1.54) is 11.3 Å². The molecule has 0 aromatic carbocycles. The predicted molar refractivity (Wildman–Crippen MR) is 69.4 cm³/mol. The maximum atomic E-state index is 10.7. The second-order valence-electron chi connectivity index (χ2n) is 4.84. The van der Waals surface area contributed by atoms with E-state index in [0.717, 1.165) is 27.4 Å². The lowest BCUT2D eigenvalue weighted by Crippen LogP contribution is -2.39. The van der Waals surface area contributed by atoms with E-state index in [-0.39, 0.29) is 5.41 Å². The lowest BCUT2D eigenvalue weighted by molar-refractivity contribution is 0.0182. The highest BCUT2D eigenvalue weighted by Gasteiger charge is 2.42. The normalized spacial score (nSPS) is 30.4. The Morgan fingerprint density at radius 1 is 1.47 bits per heavy atom. The molecule has 1 unspecified atom stereocenters. The van der Waals surface area contributed by atoms with Crippen molar-refractivity contribution in [1.29, 1.82) is 0 Å². The van der Waals surface area contributed by atoms with Crippen molar-refractivity contribution in [1.82, 2.24) is 4.98 Å². The van der Waals surface area contributed by atoms with Crippen LogP contribution in [0.3, 0.4) is 0 Å². The van der Waals surface area contributed by atoms with Crippen LogP contribution in [-0.2, 0) is 5.60 Å². The molecular weight excluding hydrogens is 294 g/mol. The van der Waals surface area contributed by atoms with Gasteiger partial charge < -0.3 is 5.11 Å². The summed E-state index contributed by atoms with van der Waals surface area (Å²) in [6, 6.07) is 0. The summed E-state index contributed by atoms with van der Waals surface area (Å²) >= 11 is 6.76. The van der Waals surface area contributed by atoms with E-state index in [1.54, 1.807) is 5.51 Å². The van der Waals surface area contributed by atoms with Crippen molar-refractivity contribution in [2.24, 2.45) is 5.41 Å². The summed E-state index contributed by atoms with van der Waals surface area (Å²) in [7, 11) is 0. The van der Waals surface area contributed by atoms with Crippen molar-refractivity contribution in [2.75, 3.05) is 11.5 Å². The van der Waals surface area contributed by atoms with Crippen LogP contribution in [0.2, 0.25) is 0 Å². The summed E-state index contributed by atoms with van der Waals surface area (Å²) in [6.45, 7) is 4.41. The number of aliphatic hydroxyl groups is 1. The summed E-state index contributed by atoms with van der Waals surface area (Å²) < 4.78 is 0.799. The number of aromatic nitrogens is 1. The lowest BCUT2D eigenvalue weighted by Gasteiger charge is -2.40. The first-order chi connectivity index (χ1) is 6.93. The Morgan fingerprint density at radius 2 is 2.20 bits per heavy atom. The smallest absolute Gasteiger partial charge is 0.123 e. The number of nitrogens with zero attached hydrogens (tertiary/aromatic N) is 1. The van der Waals surface area contributed by atoms with Crippen molar-refractivity contribution < 1.29 is 5.11 Å². The van der Waals surface area contributed by atoms with Gasteiger partial charge in [-0.3, -0.25) is 0 Å². The van der Waals surface area contributed by atoms with E-state index >= 15 is 0 Å². The Kier molecular flexibility index (Phi) is 3.19. The average molecular weight is 308 g/mol. The lowest BCUT2D eigenvalue weighted by atomic mass is 9.81. The van der Waals surface area contributed by atoms with Crippen LogP contribution in [0, 0.1) is 5.41 Å². The minimum Gasteiger partial charge on any atom is -0.383 e. The molecule has 2 rings (SSSR count). The van der Waals surface area contributed by atoms with Gasteiger partial charge >= 0.3 is 0 Å². The van der Waals surface area contributed by atoms with Gasteiger partial charge in [0, 0.05) is 5.75 Å². The third kappa shape index (κ3) is 2.40. The van der Waals surface area contributed by atoms with Crippen LogP contribution in [0.15, 0.2) is 10.1 Å². The zero-order valence-electron chi connectivity index (χ0n) is 8.79. The fourth-order valence-corrected chi connectivity index (χ4v) is 5.17. The number of thiazole rings is 1. The second kappa shape index (κ2) is 4.02. The number of rotatable bonds is 1. The number of thioether (sulfide) groups is 1. The summed E-state index contributed by atoms with van der Waals surface area (Å²) in [6.07, 6.45) is 0.813. The largest absolute Gasteiger partial charge is 0.383 e. The molecule has 1 atom stereocenters. The first kappa shape index (κ1) is 11.9. The number of hydrogen-bond donors (Lipinski definition) is 1. The third-order valence-corrected chi connectivity index (χ3v) is 6.10. The second-order valence-corrected chi connectivity index (χ2v) is 7.43. The minimum absolute atomic E-state index is 0.196. The number of hydrogen-bond acceptors (Lipinski definition) is 4. The van der Waals surface area contributed by atoms with Crippen molar-refractivity contribution in [3.63, 3.8) is 0 Å². The van der Waals surface area contributed by atoms with Crippen LogP contribution in [0.25, 0.3) is 0 Å². The molecule has 15 heavy (non-hydrogen) atoms. The van der Waals surface area contributed by atoms with E-state index in [2.05, 4.69) is 34.8 Å². The van der Waals surface area contributed by atoms with Crippen molar-refractivity contribution in [3.05, 3.63) is 15.0 Å². The summed E-state index contributed by atoms with van der Waals surface area (Å²) in [5.41, 5.74) is 1.27. The van der Waals surface area contributed by atoms with Gasteiger partial charge in [-0.1, -0.05) is 13.8 Å². The van der Waals surface area contributed by atoms with Crippen LogP contribution < -0.4 is 0 Å². The highest BCUT2D eigenvalue weighted by Crippen LogP contribution is 2.47. The zero-order chi connectivity index (χ0) is 11.1. The summed E-state index contributed by atoms with van der Waals surface area (Å²) in [5, 5.41) is 10.7. The Balaban J connectivity index is 2.31. The van der Waals surface area contributed by atoms with Gasteiger partial charge in [-0.05, 0) is 33.5 Å². The van der Waals surface area contributed by atoms with Crippen molar-refractivity contribution in [2.45, 2.75) is 25.9 Å². The van der Waals surface area contributed by atoms with Gasteiger partial charge in [-0.15, -0.1) is 11.3 Å². The van der Waals surface area contributed by atoms with Gasteiger partial charge in [-0.2, -0.15) is 11.8 Å². The molecular formula is C10H14BrNOS2.